The Labute approximate surface area is 166 Å². The van der Waals surface area contributed by atoms with Crippen molar-refractivity contribution in [3.05, 3.63) is 42.5 Å². The monoisotopic (exact) mass is 385 g/mol. The zero-order valence-corrected chi connectivity index (χ0v) is 16.5. The van der Waals surface area contributed by atoms with E-state index >= 15 is 0 Å². The van der Waals surface area contributed by atoms with E-state index in [2.05, 4.69) is 15.0 Å². The number of piperidine rings is 2. The number of aliphatic hydroxyl groups excluding tert-OH is 1. The molecule has 0 unspecified atom stereocenters. The molecular weight excluding hydrogens is 354 g/mol. The van der Waals surface area contributed by atoms with E-state index in [1.807, 2.05) is 40.2 Å². The lowest BCUT2D eigenvalue weighted by Crippen LogP contribution is -2.54. The number of carbonyl (C=O) groups is 1. The van der Waals surface area contributed by atoms with Crippen LogP contribution in [0.15, 0.2) is 36.8 Å². The number of amides is 1. The minimum atomic E-state index is 0.0503. The molecule has 0 aliphatic carbocycles. The summed E-state index contributed by atoms with van der Waals surface area (Å²) >= 11 is 0. The van der Waals surface area contributed by atoms with Crippen LogP contribution in [0, 0.1) is 11.3 Å². The van der Waals surface area contributed by atoms with E-state index in [1.165, 1.54) is 0 Å². The zero-order valence-electron chi connectivity index (χ0n) is 16.5. The van der Waals surface area contributed by atoms with Crippen LogP contribution in [-0.4, -0.2) is 74.9 Å². The van der Waals surface area contributed by atoms with Gasteiger partial charge in [-0.1, -0.05) is 0 Å². The van der Waals surface area contributed by atoms with Crippen LogP contribution in [0.25, 0.3) is 0 Å². The SMILES string of the molecule is O=C(c1ccc[nH]1)N1CCC2(CCN(CCCn3cccn3)CC2)[C@H](CO)C1. The van der Waals surface area contributed by atoms with Crippen LogP contribution in [0.2, 0.25) is 0 Å². The molecule has 0 aromatic carbocycles. The number of nitrogens with zero attached hydrogens (tertiary/aromatic N) is 4. The van der Waals surface area contributed by atoms with Gasteiger partial charge in [-0.2, -0.15) is 5.10 Å². The molecule has 7 heteroatoms. The summed E-state index contributed by atoms with van der Waals surface area (Å²) in [6.07, 6.45) is 9.95. The summed E-state index contributed by atoms with van der Waals surface area (Å²) in [7, 11) is 0. The van der Waals surface area contributed by atoms with Gasteiger partial charge in [-0.25, -0.2) is 0 Å². The first-order chi connectivity index (χ1) is 13.7. The van der Waals surface area contributed by atoms with Gasteiger partial charge in [0.15, 0.2) is 0 Å². The summed E-state index contributed by atoms with van der Waals surface area (Å²) in [4.78, 5) is 20.1. The summed E-state index contributed by atoms with van der Waals surface area (Å²) in [5, 5.41) is 14.3. The fourth-order valence-electron chi connectivity index (χ4n) is 4.95. The van der Waals surface area contributed by atoms with E-state index < -0.39 is 0 Å². The summed E-state index contributed by atoms with van der Waals surface area (Å²) in [5.41, 5.74) is 0.819. The molecular formula is C21H31N5O2. The van der Waals surface area contributed by atoms with Crippen molar-refractivity contribution < 1.29 is 9.90 Å². The molecule has 1 amide bonds. The average Bonchev–Trinajstić information content (AvgIpc) is 3.44. The quantitative estimate of drug-likeness (QED) is 0.795. The van der Waals surface area contributed by atoms with Gasteiger partial charge < -0.3 is 19.9 Å². The van der Waals surface area contributed by atoms with Gasteiger partial charge in [-0.05, 0) is 68.9 Å². The summed E-state index contributed by atoms with van der Waals surface area (Å²) in [6.45, 7) is 5.83. The third-order valence-electron chi connectivity index (χ3n) is 6.79. The van der Waals surface area contributed by atoms with Gasteiger partial charge in [0.2, 0.25) is 0 Å². The van der Waals surface area contributed by atoms with E-state index in [9.17, 15) is 9.90 Å². The van der Waals surface area contributed by atoms with E-state index in [-0.39, 0.29) is 23.8 Å². The summed E-state index contributed by atoms with van der Waals surface area (Å²) in [6, 6.07) is 5.64. The lowest BCUT2D eigenvalue weighted by molar-refractivity contribution is -0.0355. The Bertz CT molecular complexity index is 735. The minimum Gasteiger partial charge on any atom is -0.396 e. The molecule has 0 bridgehead atoms. The van der Waals surface area contributed by atoms with Crippen molar-refractivity contribution in [2.24, 2.45) is 11.3 Å². The van der Waals surface area contributed by atoms with Crippen LogP contribution in [0.1, 0.15) is 36.2 Å². The maximum Gasteiger partial charge on any atom is 0.270 e. The molecule has 28 heavy (non-hydrogen) atoms. The molecule has 2 N–H and O–H groups in total. The fraction of sp³-hybridized carbons (Fsp3) is 0.619. The van der Waals surface area contributed by atoms with Gasteiger partial charge in [-0.3, -0.25) is 9.48 Å². The maximum absolute atomic E-state index is 12.7. The number of nitrogens with one attached hydrogen (secondary N) is 1. The molecule has 1 atom stereocenters. The molecule has 2 saturated heterocycles. The van der Waals surface area contributed by atoms with Gasteiger partial charge >= 0.3 is 0 Å². The number of hydrogen-bond donors (Lipinski definition) is 2. The van der Waals surface area contributed by atoms with Crippen molar-refractivity contribution in [2.45, 2.75) is 32.2 Å². The van der Waals surface area contributed by atoms with Crippen LogP contribution in [0.4, 0.5) is 0 Å². The number of aryl methyl sites for hydroxylation is 1. The van der Waals surface area contributed by atoms with Gasteiger partial charge in [0, 0.05) is 50.7 Å². The normalized spacial score (nSPS) is 22.6. The van der Waals surface area contributed by atoms with Crippen molar-refractivity contribution in [3.8, 4) is 0 Å². The molecule has 2 fully saturated rings. The first kappa shape index (κ1) is 19.2. The highest BCUT2D eigenvalue weighted by molar-refractivity contribution is 5.92. The molecule has 2 aliphatic heterocycles. The Morgan fingerprint density at radius 2 is 2.04 bits per heavy atom. The molecule has 152 valence electrons. The number of aromatic amines is 1. The smallest absolute Gasteiger partial charge is 0.270 e. The average molecular weight is 386 g/mol. The molecule has 7 nitrogen and oxygen atoms in total. The molecule has 4 rings (SSSR count). The molecule has 2 aliphatic rings. The molecule has 0 radical (unpaired) electrons. The largest absolute Gasteiger partial charge is 0.396 e. The Kier molecular flexibility index (Phi) is 5.82. The number of aromatic nitrogens is 3. The van der Waals surface area contributed by atoms with Gasteiger partial charge in [0.1, 0.15) is 5.69 Å². The topological polar surface area (TPSA) is 77.4 Å². The second-order valence-electron chi connectivity index (χ2n) is 8.29. The molecule has 4 heterocycles. The Morgan fingerprint density at radius 3 is 2.71 bits per heavy atom. The summed E-state index contributed by atoms with van der Waals surface area (Å²) < 4.78 is 1.99. The first-order valence-corrected chi connectivity index (χ1v) is 10.4. The third-order valence-corrected chi connectivity index (χ3v) is 6.79. The molecule has 2 aromatic heterocycles. The fourth-order valence-corrected chi connectivity index (χ4v) is 4.95. The Morgan fingerprint density at radius 1 is 1.21 bits per heavy atom. The number of rotatable bonds is 6. The number of carbonyl (C=O) groups excluding carboxylic acids is 1. The zero-order chi connectivity index (χ0) is 19.4. The first-order valence-electron chi connectivity index (χ1n) is 10.4. The number of aliphatic hydroxyl groups is 1. The van der Waals surface area contributed by atoms with Gasteiger partial charge in [0.05, 0.1) is 0 Å². The number of H-pyrrole nitrogens is 1. The highest BCUT2D eigenvalue weighted by Crippen LogP contribution is 2.45. The lowest BCUT2D eigenvalue weighted by atomic mass is 9.64. The van der Waals surface area contributed by atoms with Gasteiger partial charge in [-0.15, -0.1) is 0 Å². The van der Waals surface area contributed by atoms with Gasteiger partial charge in [0.25, 0.3) is 5.91 Å². The number of likely N-dealkylation sites (tertiary alicyclic amines) is 2. The van der Waals surface area contributed by atoms with Crippen molar-refractivity contribution in [1.29, 1.82) is 0 Å². The van der Waals surface area contributed by atoms with Crippen molar-refractivity contribution >= 4 is 5.91 Å². The van der Waals surface area contributed by atoms with Crippen LogP contribution < -0.4 is 0 Å². The summed E-state index contributed by atoms with van der Waals surface area (Å²) in [5.74, 6) is 0.223. The minimum absolute atomic E-state index is 0.0503. The predicted octanol–water partition coefficient (Wildman–Crippen LogP) is 1.84. The van der Waals surface area contributed by atoms with Crippen LogP contribution in [0.3, 0.4) is 0 Å². The predicted molar refractivity (Wildman–Crippen MR) is 107 cm³/mol. The molecule has 0 saturated carbocycles. The standard InChI is InChI=1S/C21H31N5O2/c27-17-18-16-25(20(28)19-4-1-8-22-19)15-7-21(18)5-13-24(14-6-21)10-3-12-26-11-2-9-23-26/h1-2,4,8-9,11,18,22,27H,3,5-7,10,12-17H2/t18-/m0/s1. The Balaban J connectivity index is 1.28. The lowest BCUT2D eigenvalue weighted by Gasteiger charge is -2.51. The second-order valence-corrected chi connectivity index (χ2v) is 8.29. The van der Waals surface area contributed by atoms with Crippen LogP contribution in [0.5, 0.6) is 0 Å². The van der Waals surface area contributed by atoms with E-state index in [0.717, 1.165) is 58.4 Å². The van der Waals surface area contributed by atoms with Crippen molar-refractivity contribution in [2.75, 3.05) is 39.3 Å². The number of hydrogen-bond acceptors (Lipinski definition) is 4. The highest BCUT2D eigenvalue weighted by atomic mass is 16.3. The molecule has 1 spiro atoms. The third kappa shape index (κ3) is 4.00. The van der Waals surface area contributed by atoms with E-state index in [4.69, 9.17) is 0 Å². The van der Waals surface area contributed by atoms with Crippen molar-refractivity contribution in [1.82, 2.24) is 24.6 Å². The molecule has 2 aromatic rings. The van der Waals surface area contributed by atoms with Crippen LogP contribution >= 0.6 is 0 Å². The second kappa shape index (κ2) is 8.49. The van der Waals surface area contributed by atoms with E-state index in [0.29, 0.717) is 12.2 Å². The van der Waals surface area contributed by atoms with Crippen LogP contribution in [-0.2, 0) is 6.54 Å². The highest BCUT2D eigenvalue weighted by Gasteiger charge is 2.45. The Hall–Kier alpha value is -2.12. The van der Waals surface area contributed by atoms with Crippen molar-refractivity contribution in [3.63, 3.8) is 0 Å². The van der Waals surface area contributed by atoms with E-state index in [1.54, 1.807) is 6.20 Å². The maximum atomic E-state index is 12.7.